The average molecular weight is 236 g/mol. The Morgan fingerprint density at radius 2 is 1.94 bits per heavy atom. The van der Waals surface area contributed by atoms with Gasteiger partial charge < -0.3 is 5.32 Å². The molecule has 0 atom stereocenters. The Hall–Kier alpha value is -2.18. The summed E-state index contributed by atoms with van der Waals surface area (Å²) in [6.07, 6.45) is 0. The molecule has 1 aromatic heterocycles. The molecule has 1 N–H and O–H groups in total. The molecule has 2 rings (SSSR count). The van der Waals surface area contributed by atoms with Gasteiger partial charge in [-0.3, -0.25) is 10.1 Å². The molecule has 0 aliphatic carbocycles. The monoisotopic (exact) mass is 236 g/mol. The van der Waals surface area contributed by atoms with E-state index in [2.05, 4.69) is 20.3 Å². The molecule has 0 amide bonds. The third-order valence-corrected chi connectivity index (χ3v) is 2.10. The van der Waals surface area contributed by atoms with E-state index in [0.29, 0.717) is 11.2 Å². The van der Waals surface area contributed by atoms with E-state index in [9.17, 15) is 10.1 Å². The van der Waals surface area contributed by atoms with Gasteiger partial charge in [0, 0.05) is 11.6 Å². The molecule has 0 saturated heterocycles. The van der Waals surface area contributed by atoms with Gasteiger partial charge in [-0.15, -0.1) is 0 Å². The molecule has 0 fully saturated rings. The second kappa shape index (κ2) is 3.69. The lowest BCUT2D eigenvalue weighted by molar-refractivity contribution is -0.383. The van der Waals surface area contributed by atoms with Crippen LogP contribution >= 0.6 is 0 Å². The molecule has 1 aromatic carbocycles. The summed E-state index contributed by atoms with van der Waals surface area (Å²) in [5.74, 6) is 0. The van der Waals surface area contributed by atoms with Crippen LogP contribution in [0, 0.1) is 10.1 Å². The van der Waals surface area contributed by atoms with Crippen LogP contribution in [0.15, 0.2) is 16.8 Å². The molecule has 0 spiro atoms. The highest BCUT2D eigenvalue weighted by Crippen LogP contribution is 2.30. The van der Waals surface area contributed by atoms with Crippen LogP contribution in [-0.2, 0) is 0 Å². The number of nitro groups is 1. The van der Waals surface area contributed by atoms with Crippen LogP contribution in [0.4, 0.5) is 11.4 Å². The second-order valence-electron chi connectivity index (χ2n) is 4.73. The molecule has 2 aromatic rings. The second-order valence-corrected chi connectivity index (χ2v) is 4.73. The lowest BCUT2D eigenvalue weighted by atomic mass is 10.1. The van der Waals surface area contributed by atoms with Crippen LogP contribution in [0.2, 0.25) is 0 Å². The molecular formula is C10H12N4O3. The third-order valence-electron chi connectivity index (χ3n) is 2.10. The van der Waals surface area contributed by atoms with Crippen molar-refractivity contribution in [2.45, 2.75) is 26.3 Å². The highest BCUT2D eigenvalue weighted by atomic mass is 16.6. The van der Waals surface area contributed by atoms with Gasteiger partial charge >= 0.3 is 5.69 Å². The van der Waals surface area contributed by atoms with Crippen molar-refractivity contribution in [1.29, 1.82) is 0 Å². The van der Waals surface area contributed by atoms with E-state index in [4.69, 9.17) is 0 Å². The van der Waals surface area contributed by atoms with Crippen molar-refractivity contribution >= 4 is 22.4 Å². The summed E-state index contributed by atoms with van der Waals surface area (Å²) in [4.78, 5) is 10.3. The van der Waals surface area contributed by atoms with Crippen molar-refractivity contribution in [1.82, 2.24) is 10.3 Å². The first kappa shape index (κ1) is 11.3. The number of anilines is 1. The number of rotatable bonds is 2. The average Bonchev–Trinajstić information content (AvgIpc) is 2.63. The Morgan fingerprint density at radius 3 is 2.53 bits per heavy atom. The van der Waals surface area contributed by atoms with E-state index >= 15 is 0 Å². The lowest BCUT2D eigenvalue weighted by Crippen LogP contribution is -2.26. The Balaban J connectivity index is 2.57. The van der Waals surface area contributed by atoms with Gasteiger partial charge in [0.25, 0.3) is 0 Å². The first-order chi connectivity index (χ1) is 7.88. The number of fused-ring (bicyclic) bond motifs is 1. The van der Waals surface area contributed by atoms with Crippen LogP contribution in [-0.4, -0.2) is 20.8 Å². The maximum atomic E-state index is 10.8. The molecular weight excluding hydrogens is 224 g/mol. The molecule has 7 nitrogen and oxygen atoms in total. The predicted molar refractivity (Wildman–Crippen MR) is 61.8 cm³/mol. The molecule has 90 valence electrons. The molecule has 7 heteroatoms. The normalized spacial score (nSPS) is 11.7. The molecule has 1 heterocycles. The van der Waals surface area contributed by atoms with Gasteiger partial charge in [-0.25, -0.2) is 4.63 Å². The van der Waals surface area contributed by atoms with Gasteiger partial charge in [0.2, 0.25) is 5.52 Å². The summed E-state index contributed by atoms with van der Waals surface area (Å²) < 4.78 is 4.57. The summed E-state index contributed by atoms with van der Waals surface area (Å²) in [7, 11) is 0. The van der Waals surface area contributed by atoms with Crippen molar-refractivity contribution in [2.75, 3.05) is 5.32 Å². The quantitative estimate of drug-likeness (QED) is 0.635. The van der Waals surface area contributed by atoms with Gasteiger partial charge in [0.05, 0.1) is 10.6 Å². The van der Waals surface area contributed by atoms with E-state index in [1.54, 1.807) is 6.07 Å². The summed E-state index contributed by atoms with van der Waals surface area (Å²) in [6.45, 7) is 5.94. The maximum Gasteiger partial charge on any atom is 0.300 e. The fraction of sp³-hybridized carbons (Fsp3) is 0.400. The van der Waals surface area contributed by atoms with E-state index in [-0.39, 0.29) is 16.7 Å². The first-order valence-electron chi connectivity index (χ1n) is 5.06. The number of nitrogens with zero attached hydrogens (tertiary/aromatic N) is 3. The van der Waals surface area contributed by atoms with E-state index < -0.39 is 4.92 Å². The van der Waals surface area contributed by atoms with Gasteiger partial charge in [-0.05, 0) is 37.2 Å². The number of hydrogen-bond acceptors (Lipinski definition) is 6. The van der Waals surface area contributed by atoms with Crippen molar-refractivity contribution in [3.05, 3.63) is 22.2 Å². The smallest absolute Gasteiger partial charge is 0.300 e. The van der Waals surface area contributed by atoms with E-state index in [1.165, 1.54) is 6.07 Å². The third kappa shape index (κ3) is 2.17. The summed E-state index contributed by atoms with van der Waals surface area (Å²) in [6, 6.07) is 3.00. The molecule has 0 bridgehead atoms. The zero-order valence-corrected chi connectivity index (χ0v) is 9.72. The maximum absolute atomic E-state index is 10.8. The van der Waals surface area contributed by atoms with Crippen molar-refractivity contribution in [2.24, 2.45) is 0 Å². The van der Waals surface area contributed by atoms with Crippen LogP contribution in [0.5, 0.6) is 0 Å². The zero-order valence-electron chi connectivity index (χ0n) is 9.72. The SMILES string of the molecule is CC(C)(C)Nc1ccc([N+](=O)[O-])c2nonc12. The highest BCUT2D eigenvalue weighted by Gasteiger charge is 2.21. The molecule has 0 aliphatic rings. The minimum absolute atomic E-state index is 0.110. The number of aromatic nitrogens is 2. The zero-order chi connectivity index (χ0) is 12.6. The summed E-state index contributed by atoms with van der Waals surface area (Å²) >= 11 is 0. The fourth-order valence-corrected chi connectivity index (χ4v) is 1.51. The minimum atomic E-state index is -0.507. The highest BCUT2D eigenvalue weighted by molar-refractivity contribution is 5.93. The summed E-state index contributed by atoms with van der Waals surface area (Å²) in [5.41, 5.74) is 0.903. The van der Waals surface area contributed by atoms with E-state index in [1.807, 2.05) is 20.8 Å². The van der Waals surface area contributed by atoms with Gasteiger partial charge in [0.15, 0.2) is 5.52 Å². The predicted octanol–water partition coefficient (Wildman–Crippen LogP) is 2.34. The fourth-order valence-electron chi connectivity index (χ4n) is 1.51. The van der Waals surface area contributed by atoms with Crippen LogP contribution < -0.4 is 5.32 Å². The van der Waals surface area contributed by atoms with E-state index in [0.717, 1.165) is 0 Å². The molecule has 0 unspecified atom stereocenters. The Bertz CT molecular complexity index is 570. The Morgan fingerprint density at radius 1 is 1.29 bits per heavy atom. The standard InChI is InChI=1S/C10H12N4O3/c1-10(2,3)11-6-4-5-7(14(15)16)9-8(6)12-17-13-9/h4-5,11H,1-3H3. The largest absolute Gasteiger partial charge is 0.379 e. The molecule has 0 radical (unpaired) electrons. The first-order valence-corrected chi connectivity index (χ1v) is 5.06. The van der Waals surface area contributed by atoms with Crippen molar-refractivity contribution < 1.29 is 9.55 Å². The Kier molecular flexibility index (Phi) is 2.45. The minimum Gasteiger partial charge on any atom is -0.379 e. The van der Waals surface area contributed by atoms with Gasteiger partial charge in [0.1, 0.15) is 0 Å². The number of nitrogens with one attached hydrogen (secondary N) is 1. The number of hydrogen-bond donors (Lipinski definition) is 1. The lowest BCUT2D eigenvalue weighted by Gasteiger charge is -2.21. The van der Waals surface area contributed by atoms with Crippen molar-refractivity contribution in [3.63, 3.8) is 0 Å². The topological polar surface area (TPSA) is 94.1 Å². The number of non-ortho nitro benzene ring substituents is 1. The van der Waals surface area contributed by atoms with Crippen LogP contribution in [0.3, 0.4) is 0 Å². The Labute approximate surface area is 96.9 Å². The van der Waals surface area contributed by atoms with Gasteiger partial charge in [-0.2, -0.15) is 0 Å². The van der Waals surface area contributed by atoms with Crippen LogP contribution in [0.25, 0.3) is 11.0 Å². The summed E-state index contributed by atoms with van der Waals surface area (Å²) in [5, 5.41) is 21.2. The van der Waals surface area contributed by atoms with Crippen LogP contribution in [0.1, 0.15) is 20.8 Å². The number of nitro benzene ring substituents is 1. The van der Waals surface area contributed by atoms with Crippen molar-refractivity contribution in [3.8, 4) is 0 Å². The molecule has 0 saturated carbocycles. The number of benzene rings is 1. The van der Waals surface area contributed by atoms with Gasteiger partial charge in [-0.1, -0.05) is 0 Å². The molecule has 17 heavy (non-hydrogen) atoms. The molecule has 0 aliphatic heterocycles.